The number of aromatic nitrogens is 4. The van der Waals surface area contributed by atoms with Gasteiger partial charge < -0.3 is 25.0 Å². The number of nitrogens with zero attached hydrogens (tertiary/aromatic N) is 5. The Morgan fingerprint density at radius 2 is 1.82 bits per heavy atom. The molecule has 0 radical (unpaired) electrons. The molecule has 2 saturated carbocycles. The van der Waals surface area contributed by atoms with Gasteiger partial charge in [-0.05, 0) is 73.2 Å². The molecule has 17 heteroatoms. The number of likely N-dealkylation sites (tertiary alicyclic amines) is 1. The highest BCUT2D eigenvalue weighted by Crippen LogP contribution is 2.45. The van der Waals surface area contributed by atoms with Gasteiger partial charge in [0, 0.05) is 30.9 Å². The number of hydrogen-bond acceptors (Lipinski definition) is 12. The summed E-state index contributed by atoms with van der Waals surface area (Å²) in [4.78, 5) is 87.7. The smallest absolute Gasteiger partial charge is 0.408 e. The third kappa shape index (κ3) is 8.57. The topological polar surface area (TPSA) is 207 Å². The molecule has 7 rings (SSSR count). The van der Waals surface area contributed by atoms with Crippen molar-refractivity contribution in [3.8, 4) is 17.4 Å². The van der Waals surface area contributed by atoms with E-state index in [2.05, 4.69) is 43.0 Å². The maximum atomic E-state index is 14.7. The van der Waals surface area contributed by atoms with Gasteiger partial charge in [0.15, 0.2) is 5.82 Å². The van der Waals surface area contributed by atoms with Crippen LogP contribution < -0.4 is 26.2 Å². The lowest BCUT2D eigenvalue weighted by Gasteiger charge is -2.35. The van der Waals surface area contributed by atoms with E-state index in [1.807, 2.05) is 38.3 Å². The van der Waals surface area contributed by atoms with E-state index in [1.54, 1.807) is 36.5 Å². The molecule has 298 valence electrons. The van der Waals surface area contributed by atoms with Crippen LogP contribution in [0, 0.1) is 11.3 Å². The number of carbonyl (C=O) groups excluding carboxylic acids is 5. The van der Waals surface area contributed by atoms with E-state index in [0.29, 0.717) is 21.7 Å². The molecule has 0 bridgehead atoms. The normalized spacial score (nSPS) is 22.3. The summed E-state index contributed by atoms with van der Waals surface area (Å²) in [5.41, 5.74) is 3.98. The summed E-state index contributed by atoms with van der Waals surface area (Å²) in [6, 6.07) is 8.17. The summed E-state index contributed by atoms with van der Waals surface area (Å²) in [6.45, 7) is 9.24. The van der Waals surface area contributed by atoms with Crippen molar-refractivity contribution in [2.75, 3.05) is 6.54 Å². The Morgan fingerprint density at radius 3 is 2.51 bits per heavy atom. The Bertz CT molecular complexity index is 2160. The van der Waals surface area contributed by atoms with E-state index in [0.717, 1.165) is 25.7 Å². The molecule has 4 aromatic heterocycles. The van der Waals surface area contributed by atoms with Crippen molar-refractivity contribution < 1.29 is 33.4 Å². The van der Waals surface area contributed by atoms with E-state index in [1.165, 1.54) is 28.6 Å². The largest absolute Gasteiger partial charge is 0.471 e. The minimum absolute atomic E-state index is 0.0327. The highest BCUT2D eigenvalue weighted by molar-refractivity contribution is 7.17. The van der Waals surface area contributed by atoms with Crippen LogP contribution in [0.4, 0.5) is 4.79 Å². The second-order valence-corrected chi connectivity index (χ2v) is 16.5. The van der Waals surface area contributed by atoms with Gasteiger partial charge in [0.05, 0.1) is 17.6 Å². The van der Waals surface area contributed by atoms with Crippen molar-refractivity contribution in [2.24, 2.45) is 11.3 Å². The number of pyridine rings is 2. The minimum atomic E-state index is -1.45. The Morgan fingerprint density at radius 1 is 1.02 bits per heavy atom. The highest BCUT2D eigenvalue weighted by atomic mass is 32.1. The predicted octanol–water partition coefficient (Wildman–Crippen LogP) is 4.10. The van der Waals surface area contributed by atoms with E-state index < -0.39 is 64.8 Å². The van der Waals surface area contributed by atoms with Crippen molar-refractivity contribution in [3.05, 3.63) is 78.6 Å². The number of carbonyl (C=O) groups is 5. The monoisotopic (exact) mass is 795 g/mol. The lowest BCUT2D eigenvalue weighted by molar-refractivity contribution is -0.143. The minimum Gasteiger partial charge on any atom is -0.471 e. The third-order valence-corrected chi connectivity index (χ3v) is 11.4. The Hall–Kier alpha value is -5.97. The standard InChI is InChI=1S/C40H45N9O7S/c1-5-24-20-40(24,37(53)48-47-33(50)23-11-10-16-41-21-23)46-34(51)29-19-26(55-35-30-27(15-18-57-30)43-32(45-35)28-14-8-9-17-42-28)22-49(29)36(52)31(39(2,3)4)44-38(54)56-25-12-6-7-13-25/h5,8-11,14-18,21,24-26,29,31H,1,6-7,12-13,19-20,22H2,2-4H3,(H,44,54)(H,46,51)(H,47,50)(H,48,53)/t24-,26-,29+,31-,40+/m1/s1. The SMILES string of the molecule is C=C[C@@H]1C[C@@]1(NC(=O)[C@@H]1C[C@@H](Oc2nc(-c3ccccn3)nc3ccsc23)CN1C(=O)[C@@H](NC(=O)OC1CCCC1)C(C)(C)C)C(=O)NNC(=O)c1cccnc1. The molecule has 5 atom stereocenters. The van der Waals surface area contributed by atoms with Crippen molar-refractivity contribution in [1.29, 1.82) is 0 Å². The van der Waals surface area contributed by atoms with Gasteiger partial charge in [0.1, 0.15) is 40.2 Å². The summed E-state index contributed by atoms with van der Waals surface area (Å²) in [5, 5.41) is 7.55. The van der Waals surface area contributed by atoms with Gasteiger partial charge >= 0.3 is 6.09 Å². The van der Waals surface area contributed by atoms with Crippen molar-refractivity contribution >= 4 is 51.3 Å². The van der Waals surface area contributed by atoms with Crippen molar-refractivity contribution in [1.82, 2.24) is 46.3 Å². The zero-order chi connectivity index (χ0) is 40.3. The lowest BCUT2D eigenvalue weighted by atomic mass is 9.85. The predicted molar refractivity (Wildman–Crippen MR) is 209 cm³/mol. The molecular weight excluding hydrogens is 751 g/mol. The Labute approximate surface area is 333 Å². The van der Waals surface area contributed by atoms with E-state index in [9.17, 15) is 24.0 Å². The summed E-state index contributed by atoms with van der Waals surface area (Å²) >= 11 is 1.39. The third-order valence-electron chi connectivity index (χ3n) is 10.5. The van der Waals surface area contributed by atoms with Gasteiger partial charge in [0.25, 0.3) is 11.8 Å². The number of fused-ring (bicyclic) bond motifs is 1. The average Bonchev–Trinajstić information content (AvgIpc) is 3.64. The highest BCUT2D eigenvalue weighted by Gasteiger charge is 2.61. The number of amides is 5. The fourth-order valence-electron chi connectivity index (χ4n) is 7.31. The molecule has 5 amide bonds. The van der Waals surface area contributed by atoms with Crippen LogP contribution in [0.1, 0.15) is 69.7 Å². The summed E-state index contributed by atoms with van der Waals surface area (Å²) < 4.78 is 12.9. The second-order valence-electron chi connectivity index (χ2n) is 15.6. The van der Waals surface area contributed by atoms with Crippen LogP contribution in [-0.4, -0.2) is 90.9 Å². The number of hydrogen-bond donors (Lipinski definition) is 4. The number of rotatable bonds is 11. The van der Waals surface area contributed by atoms with E-state index in [4.69, 9.17) is 14.5 Å². The Balaban J connectivity index is 1.15. The summed E-state index contributed by atoms with van der Waals surface area (Å²) in [6.07, 6.45) is 8.08. The van der Waals surface area contributed by atoms with E-state index >= 15 is 0 Å². The molecule has 2 aliphatic carbocycles. The van der Waals surface area contributed by atoms with Gasteiger partial charge in [-0.25, -0.2) is 9.78 Å². The van der Waals surface area contributed by atoms with Gasteiger partial charge in [0.2, 0.25) is 17.7 Å². The zero-order valence-electron chi connectivity index (χ0n) is 31.9. The van der Waals surface area contributed by atoms with Gasteiger partial charge in [-0.15, -0.1) is 17.9 Å². The van der Waals surface area contributed by atoms with Crippen LogP contribution in [-0.2, 0) is 19.1 Å². The average molecular weight is 796 g/mol. The second kappa shape index (κ2) is 16.3. The first-order valence-corrected chi connectivity index (χ1v) is 19.8. The first-order valence-electron chi connectivity index (χ1n) is 18.9. The quantitative estimate of drug-likeness (QED) is 0.126. The molecule has 0 unspecified atom stereocenters. The van der Waals surface area contributed by atoms with Gasteiger partial charge in [-0.2, -0.15) is 4.98 Å². The molecule has 3 aliphatic rings. The van der Waals surface area contributed by atoms with Crippen molar-refractivity contribution in [2.45, 2.75) is 89.1 Å². The van der Waals surface area contributed by atoms with Crippen LogP contribution in [0.3, 0.4) is 0 Å². The molecule has 1 aliphatic heterocycles. The number of thiophene rings is 1. The molecule has 4 aromatic rings. The number of hydrazine groups is 1. The van der Waals surface area contributed by atoms with Crippen molar-refractivity contribution in [3.63, 3.8) is 0 Å². The van der Waals surface area contributed by atoms with Gasteiger partial charge in [-0.1, -0.05) is 32.9 Å². The molecule has 4 N–H and O–H groups in total. The van der Waals surface area contributed by atoms with Crippen LogP contribution in [0.25, 0.3) is 21.7 Å². The number of ether oxygens (including phenoxy) is 2. The first-order chi connectivity index (χ1) is 27.4. The van der Waals surface area contributed by atoms with Crippen LogP contribution in [0.2, 0.25) is 0 Å². The lowest BCUT2D eigenvalue weighted by Crippen LogP contribution is -2.60. The number of alkyl carbamates (subject to hydrolysis) is 1. The molecular formula is C40H45N9O7S. The number of nitrogens with one attached hydrogen (secondary N) is 4. The fourth-order valence-corrected chi connectivity index (χ4v) is 8.08. The molecule has 16 nitrogen and oxygen atoms in total. The summed E-state index contributed by atoms with van der Waals surface area (Å²) in [7, 11) is 0. The fraction of sp³-hybridized carbons (Fsp3) is 0.425. The maximum Gasteiger partial charge on any atom is 0.408 e. The molecule has 1 saturated heterocycles. The Kier molecular flexibility index (Phi) is 11.2. The van der Waals surface area contributed by atoms with Crippen LogP contribution in [0.5, 0.6) is 5.88 Å². The molecule has 57 heavy (non-hydrogen) atoms. The van der Waals surface area contributed by atoms with Gasteiger partial charge in [-0.3, -0.25) is 40.0 Å². The maximum absolute atomic E-state index is 14.7. The first kappa shape index (κ1) is 39.3. The zero-order valence-corrected chi connectivity index (χ0v) is 32.7. The molecule has 3 fully saturated rings. The van der Waals surface area contributed by atoms with E-state index in [-0.39, 0.29) is 36.9 Å². The summed E-state index contributed by atoms with van der Waals surface area (Å²) in [5.74, 6) is -2.23. The van der Waals surface area contributed by atoms with Crippen LogP contribution >= 0.6 is 11.3 Å². The molecule has 5 heterocycles. The molecule has 0 aromatic carbocycles. The molecule has 0 spiro atoms. The van der Waals surface area contributed by atoms with Crippen LogP contribution in [0.15, 0.2) is 73.0 Å².